The van der Waals surface area contributed by atoms with E-state index in [0.29, 0.717) is 0 Å². The highest BCUT2D eigenvalue weighted by molar-refractivity contribution is 7.86. The second kappa shape index (κ2) is 5.72. The zero-order valence-electron chi connectivity index (χ0n) is 8.22. The molecule has 0 rings (SSSR count). The van der Waals surface area contributed by atoms with E-state index in [4.69, 9.17) is 9.47 Å². The Kier molecular flexibility index (Phi) is 5.70. The fraction of sp³-hybridized carbons (Fsp3) is 1.00. The molecule has 84 valence electrons. The first-order valence-electron chi connectivity index (χ1n) is 3.92. The average Bonchev–Trinajstić information content (AvgIpc) is 2.02. The van der Waals surface area contributed by atoms with E-state index in [0.717, 1.165) is 6.26 Å². The summed E-state index contributed by atoms with van der Waals surface area (Å²) in [5.41, 5.74) is -2.04. The lowest BCUT2D eigenvalue weighted by Crippen LogP contribution is -2.35. The Morgan fingerprint density at radius 1 is 1.21 bits per heavy atom. The number of hydrogen-bond donors (Lipinski definition) is 0. The largest absolute Gasteiger partial charge is 0.383 e. The Morgan fingerprint density at radius 3 is 1.86 bits per heavy atom. The molecule has 0 unspecified atom stereocenters. The Labute approximate surface area is 84.9 Å². The van der Waals surface area contributed by atoms with E-state index in [1.54, 1.807) is 13.8 Å². The van der Waals surface area contributed by atoms with Gasteiger partial charge in [-0.05, 0) is 13.8 Å². The topological polar surface area (TPSA) is 78.9 Å². The number of ether oxygens (including phenoxy) is 2. The Hall–Kier alpha value is -0.0700. The van der Waals surface area contributed by atoms with Gasteiger partial charge in [-0.1, -0.05) is 0 Å². The van der Waals surface area contributed by atoms with E-state index < -0.39 is 24.3 Å². The van der Waals surface area contributed by atoms with E-state index in [1.807, 2.05) is 0 Å². The molecule has 0 aliphatic carbocycles. The standard InChI is InChI=1S/C6H13O6PS/c1-4-10-6(13-7,11-5-2)12-14(3,8)9/h4-5H2,1-3H3. The fourth-order valence-electron chi connectivity index (χ4n) is 0.714. The van der Waals surface area contributed by atoms with Gasteiger partial charge < -0.3 is 9.47 Å². The summed E-state index contributed by atoms with van der Waals surface area (Å²) in [7, 11) is -4.49. The molecule has 0 aromatic rings. The minimum Gasteiger partial charge on any atom is -0.317 e. The molecule has 0 heterocycles. The Balaban J connectivity index is 4.74. The summed E-state index contributed by atoms with van der Waals surface area (Å²) >= 11 is 0. The van der Waals surface area contributed by atoms with Crippen LogP contribution in [0.4, 0.5) is 0 Å². The minimum absolute atomic E-state index is 0.116. The van der Waals surface area contributed by atoms with E-state index in [9.17, 15) is 13.0 Å². The molecule has 6 nitrogen and oxygen atoms in total. The number of hydrogen-bond acceptors (Lipinski definition) is 6. The summed E-state index contributed by atoms with van der Waals surface area (Å²) in [4.78, 5) is 0. The lowest BCUT2D eigenvalue weighted by Gasteiger charge is -2.23. The van der Waals surface area contributed by atoms with Gasteiger partial charge in [-0.25, -0.2) is 0 Å². The monoisotopic (exact) mass is 244 g/mol. The van der Waals surface area contributed by atoms with E-state index >= 15 is 0 Å². The SMILES string of the molecule is CCOC(OCC)(OS(C)(=O)=O)P=O. The highest BCUT2D eigenvalue weighted by Crippen LogP contribution is 2.29. The van der Waals surface area contributed by atoms with E-state index in [2.05, 4.69) is 4.18 Å². The first-order valence-corrected chi connectivity index (χ1v) is 6.55. The zero-order valence-corrected chi connectivity index (χ0v) is 9.93. The smallest absolute Gasteiger partial charge is 0.317 e. The molecule has 0 atom stereocenters. The van der Waals surface area contributed by atoms with Gasteiger partial charge in [0.2, 0.25) is 0 Å². The Morgan fingerprint density at radius 2 is 1.64 bits per heavy atom. The van der Waals surface area contributed by atoms with Crippen molar-refractivity contribution in [1.82, 2.24) is 0 Å². The van der Waals surface area contributed by atoms with Crippen molar-refractivity contribution in [3.05, 3.63) is 0 Å². The van der Waals surface area contributed by atoms with Crippen molar-refractivity contribution in [2.45, 2.75) is 19.6 Å². The molecule has 0 aromatic carbocycles. The molecule has 0 saturated carbocycles. The quantitative estimate of drug-likeness (QED) is 0.376. The molecule has 0 aliphatic rings. The maximum atomic E-state index is 10.8. The third kappa shape index (κ3) is 4.97. The average molecular weight is 244 g/mol. The van der Waals surface area contributed by atoms with Gasteiger partial charge in [-0.2, -0.15) is 12.6 Å². The highest BCUT2D eigenvalue weighted by atomic mass is 32.2. The van der Waals surface area contributed by atoms with Gasteiger partial charge in [-0.15, -0.1) is 0 Å². The van der Waals surface area contributed by atoms with Crippen LogP contribution in [0.1, 0.15) is 13.8 Å². The summed E-state index contributed by atoms with van der Waals surface area (Å²) in [6.07, 6.45) is 0.824. The van der Waals surface area contributed by atoms with Gasteiger partial charge in [0.05, 0.1) is 19.5 Å². The van der Waals surface area contributed by atoms with Crippen molar-refractivity contribution in [1.29, 1.82) is 0 Å². The van der Waals surface area contributed by atoms with Crippen LogP contribution in [0.5, 0.6) is 0 Å². The van der Waals surface area contributed by atoms with Crippen LogP contribution in [-0.2, 0) is 28.3 Å². The van der Waals surface area contributed by atoms with Crippen molar-refractivity contribution in [3.63, 3.8) is 0 Å². The molecule has 0 amide bonds. The minimum atomic E-state index is -3.80. The first kappa shape index (κ1) is 13.9. The molecule has 14 heavy (non-hydrogen) atoms. The van der Waals surface area contributed by atoms with E-state index in [-0.39, 0.29) is 13.2 Å². The van der Waals surface area contributed by atoms with Crippen molar-refractivity contribution in [3.8, 4) is 0 Å². The maximum absolute atomic E-state index is 10.8. The predicted octanol–water partition coefficient (Wildman–Crippen LogP) is 0.939. The Bertz CT molecular complexity index is 268. The summed E-state index contributed by atoms with van der Waals surface area (Å²) in [5.74, 6) is 0. The van der Waals surface area contributed by atoms with Gasteiger partial charge >= 0.3 is 5.71 Å². The molecule has 0 radical (unpaired) electrons. The summed E-state index contributed by atoms with van der Waals surface area (Å²) in [6, 6.07) is 0. The lowest BCUT2D eigenvalue weighted by molar-refractivity contribution is -0.275. The molecule has 0 aliphatic heterocycles. The summed E-state index contributed by atoms with van der Waals surface area (Å²) in [5, 5.41) is 0. The van der Waals surface area contributed by atoms with Gasteiger partial charge in [0, 0.05) is 0 Å². The van der Waals surface area contributed by atoms with Gasteiger partial charge in [-0.3, -0.25) is 4.57 Å². The molecule has 0 saturated heterocycles. The summed E-state index contributed by atoms with van der Waals surface area (Å²) < 4.78 is 46.6. The fourth-order valence-corrected chi connectivity index (χ4v) is 2.08. The van der Waals surface area contributed by atoms with Gasteiger partial charge in [0.1, 0.15) is 0 Å². The van der Waals surface area contributed by atoms with Gasteiger partial charge in [0.25, 0.3) is 18.6 Å². The second-order valence-corrected chi connectivity index (χ2v) is 4.57. The van der Waals surface area contributed by atoms with Crippen LogP contribution < -0.4 is 0 Å². The molecule has 0 N–H and O–H groups in total. The van der Waals surface area contributed by atoms with Crippen LogP contribution >= 0.6 is 8.46 Å². The molecule has 0 fully saturated rings. The number of rotatable bonds is 7. The van der Waals surface area contributed by atoms with Crippen LogP contribution in [0.3, 0.4) is 0 Å². The van der Waals surface area contributed by atoms with Crippen LogP contribution in [0, 0.1) is 0 Å². The van der Waals surface area contributed by atoms with Crippen molar-refractivity contribution >= 4 is 18.6 Å². The van der Waals surface area contributed by atoms with Crippen molar-refractivity contribution in [2.24, 2.45) is 0 Å². The molecule has 0 spiro atoms. The lowest BCUT2D eigenvalue weighted by atomic mass is 10.8. The molecule has 0 aromatic heterocycles. The zero-order chi connectivity index (χ0) is 11.2. The van der Waals surface area contributed by atoms with Crippen molar-refractivity contribution in [2.75, 3.05) is 19.5 Å². The maximum Gasteiger partial charge on any atom is 0.383 e. The molecular weight excluding hydrogens is 231 g/mol. The molecule has 8 heteroatoms. The van der Waals surface area contributed by atoms with E-state index in [1.165, 1.54) is 0 Å². The highest BCUT2D eigenvalue weighted by Gasteiger charge is 2.38. The van der Waals surface area contributed by atoms with Crippen LogP contribution in [0.25, 0.3) is 0 Å². The first-order chi connectivity index (χ1) is 6.39. The third-order valence-electron chi connectivity index (χ3n) is 1.02. The normalized spacial score (nSPS) is 13.4. The van der Waals surface area contributed by atoms with Crippen LogP contribution in [0.2, 0.25) is 0 Å². The molecule has 0 bridgehead atoms. The van der Waals surface area contributed by atoms with Crippen LogP contribution in [-0.4, -0.2) is 33.6 Å². The molecular formula is C6H13O6PS. The predicted molar refractivity (Wildman–Crippen MR) is 49.5 cm³/mol. The van der Waals surface area contributed by atoms with Gasteiger partial charge in [0.15, 0.2) is 0 Å². The van der Waals surface area contributed by atoms with Crippen LogP contribution in [0.15, 0.2) is 0 Å². The summed E-state index contributed by atoms with van der Waals surface area (Å²) in [6.45, 7) is 3.44. The second-order valence-electron chi connectivity index (χ2n) is 2.27. The third-order valence-corrected chi connectivity index (χ3v) is 2.24. The van der Waals surface area contributed by atoms with Crippen molar-refractivity contribution < 1.29 is 26.6 Å².